The zero-order chi connectivity index (χ0) is 33.1. The molecule has 0 saturated carbocycles. The molecule has 0 radical (unpaired) electrons. The number of para-hydroxylation sites is 1. The molecule has 9 heteroatoms. The van der Waals surface area contributed by atoms with E-state index in [1.54, 1.807) is 0 Å². The normalized spacial score (nSPS) is 13.8. The molecule has 1 fully saturated rings. The highest BCUT2D eigenvalue weighted by atomic mass is 16.6. The van der Waals surface area contributed by atoms with Crippen molar-refractivity contribution in [2.45, 2.75) is 57.6 Å². The van der Waals surface area contributed by atoms with Crippen LogP contribution in [-0.2, 0) is 16.1 Å². The van der Waals surface area contributed by atoms with E-state index in [1.165, 1.54) is 5.56 Å². The molecule has 1 aliphatic rings. The second-order valence-electron chi connectivity index (χ2n) is 12.5. The average Bonchev–Trinajstić information content (AvgIpc) is 3.08. The first-order chi connectivity index (χ1) is 23.0. The second kappa shape index (κ2) is 20.3. The minimum absolute atomic E-state index is 0.100. The number of hydrogen-bond donors (Lipinski definition) is 3. The summed E-state index contributed by atoms with van der Waals surface area (Å²) in [5, 5.41) is 9.50. The van der Waals surface area contributed by atoms with Crippen LogP contribution in [0, 0.1) is 0 Å². The fraction of sp³-hybridized carbons (Fsp3) is 0.474. The summed E-state index contributed by atoms with van der Waals surface area (Å²) in [6, 6.07) is 26.1. The summed E-state index contributed by atoms with van der Waals surface area (Å²) >= 11 is 0. The lowest BCUT2D eigenvalue weighted by atomic mass is 10.0. The van der Waals surface area contributed by atoms with Crippen molar-refractivity contribution in [2.75, 3.05) is 65.3 Å². The molecule has 1 aliphatic heterocycles. The highest BCUT2D eigenvalue weighted by Crippen LogP contribution is 2.28. The molecule has 1 saturated heterocycles. The van der Waals surface area contributed by atoms with Crippen molar-refractivity contribution in [3.8, 4) is 16.9 Å². The molecule has 0 atom stereocenters. The fourth-order valence-electron chi connectivity index (χ4n) is 5.64. The van der Waals surface area contributed by atoms with Gasteiger partial charge in [0.15, 0.2) is 0 Å². The molecule has 3 aromatic carbocycles. The first kappa shape index (κ1) is 35.9. The van der Waals surface area contributed by atoms with E-state index in [0.717, 1.165) is 107 Å². The number of carbonyl (C=O) groups is 2. The molecular weight excluding hydrogens is 590 g/mol. The molecule has 0 aliphatic carbocycles. The van der Waals surface area contributed by atoms with Crippen molar-refractivity contribution in [2.24, 2.45) is 0 Å². The van der Waals surface area contributed by atoms with Gasteiger partial charge < -0.3 is 29.9 Å². The lowest BCUT2D eigenvalue weighted by Gasteiger charge is -2.31. The summed E-state index contributed by atoms with van der Waals surface area (Å²) < 4.78 is 11.5. The van der Waals surface area contributed by atoms with E-state index in [2.05, 4.69) is 52.0 Å². The van der Waals surface area contributed by atoms with Gasteiger partial charge in [0.25, 0.3) is 0 Å². The molecule has 47 heavy (non-hydrogen) atoms. The van der Waals surface area contributed by atoms with Crippen molar-refractivity contribution >= 4 is 17.7 Å². The number of benzene rings is 3. The Labute approximate surface area is 281 Å². The first-order valence-electron chi connectivity index (χ1n) is 17.1. The molecular formula is C38H53N5O4. The van der Waals surface area contributed by atoms with Gasteiger partial charge in [0.05, 0.1) is 12.3 Å². The third-order valence-electron chi connectivity index (χ3n) is 8.34. The molecule has 3 aromatic rings. The average molecular weight is 644 g/mol. The number of unbranched alkanes of at least 4 members (excludes halogenated alkanes) is 2. The quantitative estimate of drug-likeness (QED) is 0.135. The maximum Gasteiger partial charge on any atom is 0.411 e. The van der Waals surface area contributed by atoms with Gasteiger partial charge >= 0.3 is 6.09 Å². The Kier molecular flexibility index (Phi) is 15.6. The topological polar surface area (TPSA) is 95.2 Å². The highest BCUT2D eigenvalue weighted by molar-refractivity contribution is 5.91. The van der Waals surface area contributed by atoms with E-state index in [1.807, 2.05) is 66.7 Å². The molecule has 9 nitrogen and oxygen atoms in total. The largest absolute Gasteiger partial charge is 0.494 e. The number of likely N-dealkylation sites (tertiary alicyclic amines) is 1. The third-order valence-corrected chi connectivity index (χ3v) is 8.34. The molecule has 4 rings (SSSR count). The first-order valence-corrected chi connectivity index (χ1v) is 17.1. The number of amides is 2. The Morgan fingerprint density at radius 3 is 2.34 bits per heavy atom. The zero-order valence-electron chi connectivity index (χ0n) is 28.2. The Balaban J connectivity index is 0.986. The number of carbonyl (C=O) groups excluding carboxylic acids is 2. The van der Waals surface area contributed by atoms with E-state index in [-0.39, 0.29) is 12.0 Å². The molecule has 1 heterocycles. The molecule has 0 unspecified atom stereocenters. The summed E-state index contributed by atoms with van der Waals surface area (Å²) in [5.41, 5.74) is 3.99. The third kappa shape index (κ3) is 13.8. The van der Waals surface area contributed by atoms with Gasteiger partial charge in [-0.3, -0.25) is 10.1 Å². The number of nitrogens with one attached hydrogen (secondary N) is 3. The minimum Gasteiger partial charge on any atom is -0.494 e. The number of ether oxygens (including phenoxy) is 2. The lowest BCUT2D eigenvalue weighted by molar-refractivity contribution is -0.121. The van der Waals surface area contributed by atoms with Crippen LogP contribution in [0.5, 0.6) is 5.75 Å². The van der Waals surface area contributed by atoms with Crippen LogP contribution >= 0.6 is 0 Å². The maximum absolute atomic E-state index is 12.7. The Bertz CT molecular complexity index is 1330. The standard InChI is InChI=1S/C38H53N5O4/c1-42(2)25-11-29-46-33-18-16-31(17-19-33)30-39-23-9-4-10-24-40-37(44)22-28-43-26-20-34(21-27-43)47-38(45)41-36-15-8-7-14-35(36)32-12-5-3-6-13-32/h3,5-8,12-19,34,39H,4,9-11,20-30H2,1-2H3,(H,40,44)(H,41,45). The van der Waals surface area contributed by atoms with Gasteiger partial charge in [0.1, 0.15) is 11.9 Å². The number of anilines is 1. The van der Waals surface area contributed by atoms with Crippen molar-refractivity contribution in [1.82, 2.24) is 20.4 Å². The Morgan fingerprint density at radius 1 is 0.851 bits per heavy atom. The van der Waals surface area contributed by atoms with Crippen LogP contribution in [0.3, 0.4) is 0 Å². The van der Waals surface area contributed by atoms with Crippen LogP contribution in [0.4, 0.5) is 10.5 Å². The maximum atomic E-state index is 12.7. The van der Waals surface area contributed by atoms with E-state index in [4.69, 9.17) is 9.47 Å². The van der Waals surface area contributed by atoms with Gasteiger partial charge in [-0.2, -0.15) is 0 Å². The molecule has 254 valence electrons. The molecule has 0 aromatic heterocycles. The van der Waals surface area contributed by atoms with E-state index < -0.39 is 6.09 Å². The van der Waals surface area contributed by atoms with Crippen molar-refractivity contribution in [3.05, 3.63) is 84.4 Å². The number of hydrogen-bond acceptors (Lipinski definition) is 7. The molecule has 0 spiro atoms. The molecule has 0 bridgehead atoms. The van der Waals surface area contributed by atoms with Gasteiger partial charge in [-0.25, -0.2) is 4.79 Å². The van der Waals surface area contributed by atoms with Crippen molar-refractivity contribution in [1.29, 1.82) is 0 Å². The summed E-state index contributed by atoms with van der Waals surface area (Å²) in [6.07, 6.45) is 5.62. The van der Waals surface area contributed by atoms with E-state index >= 15 is 0 Å². The zero-order valence-corrected chi connectivity index (χ0v) is 28.2. The predicted molar refractivity (Wildman–Crippen MR) is 190 cm³/mol. The van der Waals surface area contributed by atoms with E-state index in [9.17, 15) is 9.59 Å². The van der Waals surface area contributed by atoms with Gasteiger partial charge in [-0.05, 0) is 82.1 Å². The molecule has 3 N–H and O–H groups in total. The van der Waals surface area contributed by atoms with Gasteiger partial charge in [0.2, 0.25) is 5.91 Å². The van der Waals surface area contributed by atoms with Crippen LogP contribution in [-0.4, -0.2) is 87.9 Å². The van der Waals surface area contributed by atoms with Crippen molar-refractivity contribution in [3.63, 3.8) is 0 Å². The Hall–Kier alpha value is -3.92. The van der Waals surface area contributed by atoms with Gasteiger partial charge in [-0.15, -0.1) is 0 Å². The monoisotopic (exact) mass is 643 g/mol. The minimum atomic E-state index is -0.427. The summed E-state index contributed by atoms with van der Waals surface area (Å²) in [5.74, 6) is 1.02. The SMILES string of the molecule is CN(C)CCCOc1ccc(CNCCCCCNC(=O)CCN2CCC(OC(=O)Nc3ccccc3-c3ccccc3)CC2)cc1. The van der Waals surface area contributed by atoms with Crippen LogP contribution in [0.2, 0.25) is 0 Å². The fourth-order valence-corrected chi connectivity index (χ4v) is 5.64. The second-order valence-corrected chi connectivity index (χ2v) is 12.5. The van der Waals surface area contributed by atoms with Crippen LogP contribution in [0.1, 0.15) is 50.5 Å². The number of rotatable bonds is 19. The highest BCUT2D eigenvalue weighted by Gasteiger charge is 2.23. The summed E-state index contributed by atoms with van der Waals surface area (Å²) in [7, 11) is 4.15. The van der Waals surface area contributed by atoms with E-state index in [0.29, 0.717) is 13.0 Å². The smallest absolute Gasteiger partial charge is 0.411 e. The van der Waals surface area contributed by atoms with Crippen molar-refractivity contribution < 1.29 is 19.1 Å². The predicted octanol–water partition coefficient (Wildman–Crippen LogP) is 6.16. The van der Waals surface area contributed by atoms with Crippen LogP contribution in [0.15, 0.2) is 78.9 Å². The van der Waals surface area contributed by atoms with Crippen LogP contribution in [0.25, 0.3) is 11.1 Å². The van der Waals surface area contributed by atoms with Gasteiger partial charge in [0, 0.05) is 51.3 Å². The number of nitrogens with zero attached hydrogens (tertiary/aromatic N) is 2. The number of piperidine rings is 1. The summed E-state index contributed by atoms with van der Waals surface area (Å²) in [6.45, 7) is 6.64. The van der Waals surface area contributed by atoms with Crippen LogP contribution < -0.4 is 20.7 Å². The summed E-state index contributed by atoms with van der Waals surface area (Å²) in [4.78, 5) is 29.5. The Morgan fingerprint density at radius 2 is 1.57 bits per heavy atom. The van der Waals surface area contributed by atoms with Gasteiger partial charge in [-0.1, -0.05) is 67.1 Å². The lowest BCUT2D eigenvalue weighted by Crippen LogP contribution is -2.40. The molecule has 2 amide bonds.